The fourth-order valence-corrected chi connectivity index (χ4v) is 1.36. The Hall–Kier alpha value is -1.71. The molecule has 1 N–H and O–H groups in total. The van der Waals surface area contributed by atoms with Crippen molar-refractivity contribution in [1.82, 2.24) is 5.32 Å². The molecular weight excluding hydrogens is 224 g/mol. The Bertz CT molecular complexity index is 416. The zero-order chi connectivity index (χ0) is 12.7. The maximum Gasteiger partial charge on any atom is 0.224 e. The van der Waals surface area contributed by atoms with Gasteiger partial charge in [0, 0.05) is 12.6 Å². The van der Waals surface area contributed by atoms with Gasteiger partial charge in [0.2, 0.25) is 5.91 Å². The van der Waals surface area contributed by atoms with Gasteiger partial charge in [0.15, 0.2) is 0 Å². The van der Waals surface area contributed by atoms with E-state index in [0.717, 1.165) is 18.6 Å². The molecular formula is C13H15F2NO. The number of hydrogen-bond donors (Lipinski definition) is 1. The summed E-state index contributed by atoms with van der Waals surface area (Å²) in [5.74, 6) is -1.59. The number of nitrogens with one attached hydrogen (secondary N) is 1. The van der Waals surface area contributed by atoms with E-state index in [0.29, 0.717) is 6.54 Å². The number of benzene rings is 1. The average molecular weight is 239 g/mol. The fraction of sp³-hybridized carbons (Fsp3) is 0.308. The number of carbonyl (C=O) groups excluding carboxylic acids is 1. The molecule has 0 heterocycles. The molecule has 1 aromatic rings. The van der Waals surface area contributed by atoms with E-state index in [2.05, 4.69) is 5.32 Å². The standard InChI is InChI=1S/C13H15F2NO/c1-2-3-4-7-16-13(17)8-10-5-6-11(14)9-12(10)15/h2-3,5-6,9H,4,7-8H2,1H3,(H,16,17)/b3-2+. The minimum Gasteiger partial charge on any atom is -0.356 e. The smallest absolute Gasteiger partial charge is 0.224 e. The van der Waals surface area contributed by atoms with Crippen molar-refractivity contribution in [1.29, 1.82) is 0 Å². The molecule has 0 spiro atoms. The van der Waals surface area contributed by atoms with Gasteiger partial charge < -0.3 is 5.32 Å². The molecule has 0 saturated heterocycles. The third-order valence-corrected chi connectivity index (χ3v) is 2.23. The van der Waals surface area contributed by atoms with Crippen molar-refractivity contribution in [3.05, 3.63) is 47.5 Å². The van der Waals surface area contributed by atoms with Crippen LogP contribution in [0.3, 0.4) is 0 Å². The molecule has 0 aromatic heterocycles. The number of halogens is 2. The van der Waals surface area contributed by atoms with Crippen molar-refractivity contribution in [3.63, 3.8) is 0 Å². The van der Waals surface area contributed by atoms with Crippen molar-refractivity contribution in [2.45, 2.75) is 19.8 Å². The van der Waals surface area contributed by atoms with Gasteiger partial charge in [0.25, 0.3) is 0 Å². The van der Waals surface area contributed by atoms with E-state index in [-0.39, 0.29) is 17.9 Å². The summed E-state index contributed by atoms with van der Waals surface area (Å²) in [5.41, 5.74) is 0.204. The van der Waals surface area contributed by atoms with E-state index in [4.69, 9.17) is 0 Å². The molecule has 0 aliphatic rings. The maximum absolute atomic E-state index is 13.2. The van der Waals surface area contributed by atoms with E-state index in [1.807, 2.05) is 19.1 Å². The van der Waals surface area contributed by atoms with Gasteiger partial charge in [-0.05, 0) is 25.0 Å². The van der Waals surface area contributed by atoms with Crippen molar-refractivity contribution in [2.75, 3.05) is 6.54 Å². The first-order valence-electron chi connectivity index (χ1n) is 5.45. The lowest BCUT2D eigenvalue weighted by atomic mass is 10.1. The largest absolute Gasteiger partial charge is 0.356 e. The second kappa shape index (κ2) is 6.78. The van der Waals surface area contributed by atoms with Gasteiger partial charge in [0.1, 0.15) is 11.6 Å². The molecule has 0 unspecified atom stereocenters. The molecule has 1 aromatic carbocycles. The minimum absolute atomic E-state index is 0.0675. The van der Waals surface area contributed by atoms with Crippen molar-refractivity contribution < 1.29 is 13.6 Å². The van der Waals surface area contributed by atoms with Crippen molar-refractivity contribution in [2.24, 2.45) is 0 Å². The molecule has 0 aliphatic heterocycles. The number of rotatable bonds is 5. The van der Waals surface area contributed by atoms with Gasteiger partial charge in [-0.2, -0.15) is 0 Å². The molecule has 92 valence electrons. The summed E-state index contributed by atoms with van der Waals surface area (Å²) in [6, 6.07) is 3.21. The maximum atomic E-state index is 13.2. The lowest BCUT2D eigenvalue weighted by Gasteiger charge is -2.04. The Labute approximate surface area is 99.3 Å². The van der Waals surface area contributed by atoms with E-state index < -0.39 is 11.6 Å². The van der Waals surface area contributed by atoms with E-state index in [1.165, 1.54) is 6.07 Å². The van der Waals surface area contributed by atoms with Crippen LogP contribution in [0.4, 0.5) is 8.78 Å². The molecule has 0 saturated carbocycles. The van der Waals surface area contributed by atoms with Crippen molar-refractivity contribution in [3.8, 4) is 0 Å². The minimum atomic E-state index is -0.686. The number of carbonyl (C=O) groups is 1. The van der Waals surface area contributed by atoms with Gasteiger partial charge in [0.05, 0.1) is 6.42 Å². The van der Waals surface area contributed by atoms with Crippen LogP contribution in [-0.2, 0) is 11.2 Å². The zero-order valence-electron chi connectivity index (χ0n) is 9.67. The molecule has 17 heavy (non-hydrogen) atoms. The van der Waals surface area contributed by atoms with Gasteiger partial charge in [-0.1, -0.05) is 18.2 Å². The Kier molecular flexibility index (Phi) is 5.33. The number of amides is 1. The lowest BCUT2D eigenvalue weighted by Crippen LogP contribution is -2.26. The molecule has 0 fully saturated rings. The van der Waals surface area contributed by atoms with Crippen LogP contribution >= 0.6 is 0 Å². The number of hydrogen-bond acceptors (Lipinski definition) is 1. The Morgan fingerprint density at radius 2 is 2.18 bits per heavy atom. The Balaban J connectivity index is 2.45. The Morgan fingerprint density at radius 1 is 1.41 bits per heavy atom. The van der Waals surface area contributed by atoms with Crippen LogP contribution < -0.4 is 5.32 Å². The van der Waals surface area contributed by atoms with E-state index in [1.54, 1.807) is 0 Å². The first-order chi connectivity index (χ1) is 8.13. The highest BCUT2D eigenvalue weighted by Gasteiger charge is 2.08. The first-order valence-corrected chi connectivity index (χ1v) is 5.45. The monoisotopic (exact) mass is 239 g/mol. The molecule has 2 nitrogen and oxygen atoms in total. The highest BCUT2D eigenvalue weighted by Crippen LogP contribution is 2.09. The average Bonchev–Trinajstić information content (AvgIpc) is 2.28. The molecule has 0 atom stereocenters. The van der Waals surface area contributed by atoms with Crippen LogP contribution in [0.1, 0.15) is 18.9 Å². The molecule has 1 rings (SSSR count). The first kappa shape index (κ1) is 13.4. The summed E-state index contributed by atoms with van der Waals surface area (Å²) in [6.07, 6.45) is 4.50. The lowest BCUT2D eigenvalue weighted by molar-refractivity contribution is -0.120. The fourth-order valence-electron chi connectivity index (χ4n) is 1.36. The molecule has 0 bridgehead atoms. The Morgan fingerprint density at radius 3 is 2.82 bits per heavy atom. The van der Waals surface area contributed by atoms with E-state index >= 15 is 0 Å². The van der Waals surface area contributed by atoms with Crippen molar-refractivity contribution >= 4 is 5.91 Å². The van der Waals surface area contributed by atoms with Gasteiger partial charge >= 0.3 is 0 Å². The normalized spacial score (nSPS) is 10.8. The molecule has 1 amide bonds. The van der Waals surface area contributed by atoms with Gasteiger partial charge in [-0.3, -0.25) is 4.79 Å². The van der Waals surface area contributed by atoms with Crippen LogP contribution in [-0.4, -0.2) is 12.5 Å². The van der Waals surface area contributed by atoms with Crippen LogP contribution in [0.25, 0.3) is 0 Å². The third-order valence-electron chi connectivity index (χ3n) is 2.23. The molecule has 0 radical (unpaired) electrons. The van der Waals surface area contributed by atoms with Crippen LogP contribution in [0, 0.1) is 11.6 Å². The predicted octanol–water partition coefficient (Wildman–Crippen LogP) is 2.59. The van der Waals surface area contributed by atoms with Gasteiger partial charge in [-0.15, -0.1) is 0 Å². The summed E-state index contributed by atoms with van der Waals surface area (Å²) in [7, 11) is 0. The second-order valence-electron chi connectivity index (χ2n) is 3.62. The summed E-state index contributed by atoms with van der Waals surface area (Å²) >= 11 is 0. The second-order valence-corrected chi connectivity index (χ2v) is 3.62. The highest BCUT2D eigenvalue weighted by atomic mass is 19.1. The zero-order valence-corrected chi connectivity index (χ0v) is 9.67. The van der Waals surface area contributed by atoms with Crippen LogP contribution in [0.2, 0.25) is 0 Å². The summed E-state index contributed by atoms with van der Waals surface area (Å²) in [4.78, 5) is 11.4. The summed E-state index contributed by atoms with van der Waals surface area (Å²) in [5, 5.41) is 2.66. The molecule has 0 aliphatic carbocycles. The third kappa shape index (κ3) is 4.76. The molecule has 4 heteroatoms. The van der Waals surface area contributed by atoms with Gasteiger partial charge in [-0.25, -0.2) is 8.78 Å². The SMILES string of the molecule is C/C=C/CCNC(=O)Cc1ccc(F)cc1F. The summed E-state index contributed by atoms with van der Waals surface area (Å²) in [6.45, 7) is 2.42. The van der Waals surface area contributed by atoms with Crippen LogP contribution in [0.5, 0.6) is 0 Å². The highest BCUT2D eigenvalue weighted by molar-refractivity contribution is 5.78. The predicted molar refractivity (Wildman–Crippen MR) is 62.5 cm³/mol. The number of allylic oxidation sites excluding steroid dienone is 1. The van der Waals surface area contributed by atoms with Crippen LogP contribution in [0.15, 0.2) is 30.4 Å². The quantitative estimate of drug-likeness (QED) is 0.621. The topological polar surface area (TPSA) is 29.1 Å². The summed E-state index contributed by atoms with van der Waals surface area (Å²) < 4.78 is 25.8. The van der Waals surface area contributed by atoms with E-state index in [9.17, 15) is 13.6 Å².